The molecule has 0 atom stereocenters. The number of thiocarbonyl (C=S) groups is 1. The molecule has 0 aliphatic heterocycles. The van der Waals surface area contributed by atoms with E-state index in [1.165, 1.54) is 11.8 Å². The van der Waals surface area contributed by atoms with Crippen LogP contribution in [0.2, 0.25) is 5.02 Å². The molecule has 10 heteroatoms. The van der Waals surface area contributed by atoms with Gasteiger partial charge in [0.15, 0.2) is 10.9 Å². The summed E-state index contributed by atoms with van der Waals surface area (Å²) < 4.78 is 7.24. The van der Waals surface area contributed by atoms with E-state index < -0.39 is 5.91 Å². The summed E-state index contributed by atoms with van der Waals surface area (Å²) in [5.41, 5.74) is 3.68. The molecule has 0 bridgehead atoms. The van der Waals surface area contributed by atoms with Crippen molar-refractivity contribution >= 4 is 46.6 Å². The number of benzene rings is 1. The Morgan fingerprint density at radius 1 is 1.33 bits per heavy atom. The highest BCUT2D eigenvalue weighted by molar-refractivity contribution is 7.99. The lowest BCUT2D eigenvalue weighted by molar-refractivity contribution is 0.0951. The minimum atomic E-state index is -0.462. The average molecular weight is 422 g/mol. The van der Waals surface area contributed by atoms with Crippen LogP contribution in [0.15, 0.2) is 46.0 Å². The average Bonchev–Trinajstić information content (AvgIpc) is 3.25. The van der Waals surface area contributed by atoms with Crippen molar-refractivity contribution in [1.82, 2.24) is 20.2 Å². The Hall–Kier alpha value is -2.36. The number of hydrogen-bond acceptors (Lipinski definition) is 6. The molecule has 0 spiro atoms. The zero-order valence-corrected chi connectivity index (χ0v) is 16.9. The van der Waals surface area contributed by atoms with E-state index in [1.54, 1.807) is 35.9 Å². The van der Waals surface area contributed by atoms with Gasteiger partial charge in [0.2, 0.25) is 5.16 Å². The Balaban J connectivity index is 1.67. The highest BCUT2D eigenvalue weighted by Crippen LogP contribution is 2.24. The van der Waals surface area contributed by atoms with E-state index in [2.05, 4.69) is 20.9 Å². The molecular weight excluding hydrogens is 406 g/mol. The van der Waals surface area contributed by atoms with Crippen molar-refractivity contribution in [2.75, 3.05) is 11.2 Å². The van der Waals surface area contributed by atoms with Gasteiger partial charge < -0.3 is 4.42 Å². The molecule has 1 aromatic carbocycles. The highest BCUT2D eigenvalue weighted by Gasteiger charge is 2.16. The van der Waals surface area contributed by atoms with Crippen LogP contribution < -0.4 is 10.7 Å². The molecule has 0 aliphatic carbocycles. The molecule has 3 aromatic rings. The molecule has 7 nitrogen and oxygen atoms in total. The monoisotopic (exact) mass is 421 g/mol. The number of aromatic nitrogens is 3. The van der Waals surface area contributed by atoms with E-state index in [0.29, 0.717) is 21.8 Å². The smallest absolute Gasteiger partial charge is 0.293 e. The fraction of sp³-hybridized carbons (Fsp3) is 0.176. The topological polar surface area (TPSA) is 85.0 Å². The van der Waals surface area contributed by atoms with Gasteiger partial charge in [-0.15, -0.1) is 10.2 Å². The Labute approximate surface area is 170 Å². The van der Waals surface area contributed by atoms with Gasteiger partial charge in [-0.1, -0.05) is 42.4 Å². The molecule has 27 heavy (non-hydrogen) atoms. The summed E-state index contributed by atoms with van der Waals surface area (Å²) in [6, 6.07) is 10.5. The standard InChI is InChI=1S/C17H16ClN5O2S2/c1-3-27-17-21-20-10(2)23(17)22-16(26)19-15(24)14-8-7-13(25-14)11-5-4-6-12(18)9-11/h4-9H,3H2,1-2H3,(H2,19,22,24,26). The minimum Gasteiger partial charge on any atom is -0.451 e. The SMILES string of the molecule is CCSc1nnc(C)n1NC(=S)NC(=O)c1ccc(-c2cccc(Cl)c2)o1. The lowest BCUT2D eigenvalue weighted by Crippen LogP contribution is -2.38. The Kier molecular flexibility index (Phi) is 6.15. The molecule has 2 N–H and O–H groups in total. The zero-order chi connectivity index (χ0) is 19.4. The van der Waals surface area contributed by atoms with Gasteiger partial charge in [-0.3, -0.25) is 15.5 Å². The predicted molar refractivity (Wildman–Crippen MR) is 110 cm³/mol. The second-order valence-corrected chi connectivity index (χ2v) is 7.44. The summed E-state index contributed by atoms with van der Waals surface area (Å²) in [5, 5.41) is 12.0. The zero-order valence-electron chi connectivity index (χ0n) is 14.5. The Bertz CT molecular complexity index is 985. The van der Waals surface area contributed by atoms with E-state index in [-0.39, 0.29) is 10.9 Å². The van der Waals surface area contributed by atoms with Crippen molar-refractivity contribution in [3.05, 3.63) is 53.0 Å². The number of rotatable bonds is 5. The van der Waals surface area contributed by atoms with Crippen LogP contribution in [0.1, 0.15) is 23.3 Å². The van der Waals surface area contributed by atoms with Crippen molar-refractivity contribution in [2.24, 2.45) is 0 Å². The third kappa shape index (κ3) is 4.68. The lowest BCUT2D eigenvalue weighted by atomic mass is 10.2. The largest absolute Gasteiger partial charge is 0.451 e. The molecule has 0 unspecified atom stereocenters. The molecule has 3 rings (SSSR count). The molecule has 2 heterocycles. The molecule has 0 aliphatic rings. The summed E-state index contributed by atoms with van der Waals surface area (Å²) in [6.45, 7) is 3.79. The number of nitrogens with zero attached hydrogens (tertiary/aromatic N) is 3. The number of halogens is 1. The van der Waals surface area contributed by atoms with Gasteiger partial charge in [0.05, 0.1) is 0 Å². The second kappa shape index (κ2) is 8.55. The Morgan fingerprint density at radius 2 is 2.15 bits per heavy atom. The van der Waals surface area contributed by atoms with E-state index in [0.717, 1.165) is 11.3 Å². The van der Waals surface area contributed by atoms with Crippen molar-refractivity contribution < 1.29 is 9.21 Å². The molecule has 0 fully saturated rings. The molecule has 140 valence electrons. The van der Waals surface area contributed by atoms with Gasteiger partial charge in [-0.05, 0) is 49.2 Å². The third-order valence-electron chi connectivity index (χ3n) is 3.45. The number of furan rings is 1. The van der Waals surface area contributed by atoms with Gasteiger partial charge in [0.1, 0.15) is 11.6 Å². The Morgan fingerprint density at radius 3 is 2.89 bits per heavy atom. The normalized spacial score (nSPS) is 10.6. The van der Waals surface area contributed by atoms with Crippen LogP contribution >= 0.6 is 35.6 Å². The molecule has 0 saturated heterocycles. The summed E-state index contributed by atoms with van der Waals surface area (Å²) in [4.78, 5) is 12.4. The number of nitrogens with one attached hydrogen (secondary N) is 2. The first-order valence-electron chi connectivity index (χ1n) is 8.01. The van der Waals surface area contributed by atoms with E-state index >= 15 is 0 Å². The summed E-state index contributed by atoms with van der Waals surface area (Å²) in [5.74, 6) is 1.67. The molecule has 0 saturated carbocycles. The van der Waals surface area contributed by atoms with Gasteiger partial charge in [-0.25, -0.2) is 4.68 Å². The van der Waals surface area contributed by atoms with Gasteiger partial charge >= 0.3 is 0 Å². The van der Waals surface area contributed by atoms with E-state index in [9.17, 15) is 4.79 Å². The molecule has 1 amide bonds. The number of carbonyl (C=O) groups excluding carboxylic acids is 1. The number of thioether (sulfide) groups is 1. The lowest BCUT2D eigenvalue weighted by Gasteiger charge is -2.12. The van der Waals surface area contributed by atoms with Crippen LogP contribution in [0.3, 0.4) is 0 Å². The summed E-state index contributed by atoms with van der Waals surface area (Å²) in [6.07, 6.45) is 0. The first-order chi connectivity index (χ1) is 13.0. The van der Waals surface area contributed by atoms with Crippen LogP contribution in [0.25, 0.3) is 11.3 Å². The minimum absolute atomic E-state index is 0.113. The van der Waals surface area contributed by atoms with Crippen LogP contribution in [0.5, 0.6) is 0 Å². The van der Waals surface area contributed by atoms with Gasteiger partial charge in [0.25, 0.3) is 5.91 Å². The first-order valence-corrected chi connectivity index (χ1v) is 9.78. The maximum Gasteiger partial charge on any atom is 0.293 e. The second-order valence-electron chi connectivity index (χ2n) is 5.37. The molecule has 0 radical (unpaired) electrons. The number of carbonyl (C=O) groups is 1. The van der Waals surface area contributed by atoms with E-state index in [1.807, 2.05) is 19.1 Å². The van der Waals surface area contributed by atoms with Crippen molar-refractivity contribution in [2.45, 2.75) is 19.0 Å². The van der Waals surface area contributed by atoms with Crippen molar-refractivity contribution in [3.63, 3.8) is 0 Å². The third-order valence-corrected chi connectivity index (χ3v) is 4.69. The molecule has 2 aromatic heterocycles. The van der Waals surface area contributed by atoms with Crippen LogP contribution in [-0.4, -0.2) is 31.6 Å². The fourth-order valence-electron chi connectivity index (χ4n) is 2.25. The quantitative estimate of drug-likeness (QED) is 0.477. The van der Waals surface area contributed by atoms with Crippen LogP contribution in [0.4, 0.5) is 0 Å². The van der Waals surface area contributed by atoms with Crippen LogP contribution in [0, 0.1) is 6.92 Å². The van der Waals surface area contributed by atoms with Crippen LogP contribution in [-0.2, 0) is 0 Å². The van der Waals surface area contributed by atoms with Gasteiger partial charge in [-0.2, -0.15) is 0 Å². The maximum absolute atomic E-state index is 12.4. The number of aryl methyl sites for hydroxylation is 1. The maximum atomic E-state index is 12.4. The fourth-order valence-corrected chi connectivity index (χ4v) is 3.28. The molecular formula is C17H16ClN5O2S2. The highest BCUT2D eigenvalue weighted by atomic mass is 35.5. The van der Waals surface area contributed by atoms with Crippen molar-refractivity contribution in [3.8, 4) is 11.3 Å². The number of hydrogen-bond donors (Lipinski definition) is 2. The number of amides is 1. The summed E-state index contributed by atoms with van der Waals surface area (Å²) in [7, 11) is 0. The predicted octanol–water partition coefficient (Wildman–Crippen LogP) is 3.87. The first kappa shape index (κ1) is 19.4. The summed E-state index contributed by atoms with van der Waals surface area (Å²) >= 11 is 12.7. The van der Waals surface area contributed by atoms with Crippen molar-refractivity contribution in [1.29, 1.82) is 0 Å². The van der Waals surface area contributed by atoms with E-state index in [4.69, 9.17) is 28.2 Å². The van der Waals surface area contributed by atoms with Gasteiger partial charge in [0, 0.05) is 10.6 Å².